The highest BCUT2D eigenvalue weighted by atomic mass is 32.2. The van der Waals surface area contributed by atoms with Gasteiger partial charge >= 0.3 is 0 Å². The third kappa shape index (κ3) is 6.40. The molecular formula is C23H31N3O4S2. The second kappa shape index (κ2) is 10.1. The van der Waals surface area contributed by atoms with Crippen LogP contribution < -0.4 is 19.7 Å². The minimum Gasteiger partial charge on any atom is -0.495 e. The zero-order valence-corrected chi connectivity index (χ0v) is 20.6. The summed E-state index contributed by atoms with van der Waals surface area (Å²) in [5, 5.41) is 2.87. The van der Waals surface area contributed by atoms with Crippen LogP contribution in [-0.2, 0) is 16.6 Å². The largest absolute Gasteiger partial charge is 0.495 e. The summed E-state index contributed by atoms with van der Waals surface area (Å²) >= 11 is 1.97. The normalized spacial score (nSPS) is 14.8. The minimum atomic E-state index is -3.86. The van der Waals surface area contributed by atoms with E-state index in [9.17, 15) is 13.2 Å². The molecule has 1 amide bonds. The van der Waals surface area contributed by atoms with E-state index in [1.165, 1.54) is 24.9 Å². The van der Waals surface area contributed by atoms with Crippen LogP contribution in [-0.4, -0.2) is 51.6 Å². The Hall–Kier alpha value is -2.23. The van der Waals surface area contributed by atoms with Gasteiger partial charge in [-0.05, 0) is 56.7 Å². The number of sulfonamides is 1. The Bertz CT molecular complexity index is 1040. The van der Waals surface area contributed by atoms with Crippen LogP contribution in [0.3, 0.4) is 0 Å². The van der Waals surface area contributed by atoms with Gasteiger partial charge in [0.25, 0.3) is 5.91 Å². The van der Waals surface area contributed by atoms with E-state index < -0.39 is 15.6 Å². The summed E-state index contributed by atoms with van der Waals surface area (Å²) in [7, 11) is -2.46. The molecule has 32 heavy (non-hydrogen) atoms. The van der Waals surface area contributed by atoms with E-state index in [0.717, 1.165) is 30.2 Å². The van der Waals surface area contributed by atoms with Crippen LogP contribution in [0.4, 0.5) is 5.69 Å². The first-order valence-corrected chi connectivity index (χ1v) is 13.1. The second-order valence-corrected chi connectivity index (χ2v) is 11.5. The molecule has 1 fully saturated rings. The summed E-state index contributed by atoms with van der Waals surface area (Å²) in [6.45, 7) is 7.71. The Kier molecular flexibility index (Phi) is 7.74. The van der Waals surface area contributed by atoms with E-state index in [2.05, 4.69) is 27.1 Å². The SMILES string of the molecule is COc1ccc(C(=O)NCc2ccc(N3CCSCC3)cc2)cc1S(=O)(=O)NC(C)(C)C. The molecule has 0 saturated carbocycles. The first-order chi connectivity index (χ1) is 15.1. The molecule has 1 aliphatic heterocycles. The topological polar surface area (TPSA) is 87.7 Å². The maximum Gasteiger partial charge on any atom is 0.251 e. The highest BCUT2D eigenvalue weighted by Crippen LogP contribution is 2.26. The number of carbonyl (C=O) groups excluding carboxylic acids is 1. The third-order valence-electron chi connectivity index (χ3n) is 4.92. The van der Waals surface area contributed by atoms with E-state index >= 15 is 0 Å². The zero-order valence-electron chi connectivity index (χ0n) is 19.0. The smallest absolute Gasteiger partial charge is 0.251 e. The fraction of sp³-hybridized carbons (Fsp3) is 0.435. The van der Waals surface area contributed by atoms with Gasteiger partial charge in [0.15, 0.2) is 0 Å². The molecule has 2 N–H and O–H groups in total. The molecule has 0 atom stereocenters. The minimum absolute atomic E-state index is 0.0633. The van der Waals surface area contributed by atoms with Gasteiger partial charge in [0.2, 0.25) is 10.0 Å². The van der Waals surface area contributed by atoms with Gasteiger partial charge in [-0.1, -0.05) is 12.1 Å². The van der Waals surface area contributed by atoms with Crippen LogP contribution >= 0.6 is 11.8 Å². The summed E-state index contributed by atoms with van der Waals surface area (Å²) in [5.74, 6) is 2.12. The Morgan fingerprint density at radius 2 is 1.75 bits per heavy atom. The predicted octanol–water partition coefficient (Wildman–Crippen LogP) is 3.26. The number of nitrogens with zero attached hydrogens (tertiary/aromatic N) is 1. The fourth-order valence-corrected chi connectivity index (χ4v) is 5.93. The van der Waals surface area contributed by atoms with E-state index in [0.29, 0.717) is 6.54 Å². The van der Waals surface area contributed by atoms with Crippen LogP contribution in [0.15, 0.2) is 47.4 Å². The molecule has 9 heteroatoms. The average molecular weight is 478 g/mol. The number of methoxy groups -OCH3 is 1. The summed E-state index contributed by atoms with van der Waals surface area (Å²) in [6, 6.07) is 12.6. The maximum absolute atomic E-state index is 12.8. The summed E-state index contributed by atoms with van der Waals surface area (Å²) < 4.78 is 33.4. The van der Waals surface area contributed by atoms with Crippen molar-refractivity contribution in [1.82, 2.24) is 10.0 Å². The van der Waals surface area contributed by atoms with Gasteiger partial charge in [-0.25, -0.2) is 13.1 Å². The molecule has 2 aromatic carbocycles. The molecule has 1 saturated heterocycles. The predicted molar refractivity (Wildman–Crippen MR) is 130 cm³/mol. The van der Waals surface area contributed by atoms with Crippen molar-refractivity contribution in [3.8, 4) is 5.75 Å². The van der Waals surface area contributed by atoms with Crippen molar-refractivity contribution < 1.29 is 17.9 Å². The third-order valence-corrected chi connectivity index (χ3v) is 7.64. The van der Waals surface area contributed by atoms with Crippen molar-refractivity contribution in [3.63, 3.8) is 0 Å². The number of ether oxygens (including phenoxy) is 1. The summed E-state index contributed by atoms with van der Waals surface area (Å²) in [5.41, 5.74) is 1.75. The highest BCUT2D eigenvalue weighted by molar-refractivity contribution is 7.99. The molecule has 0 spiro atoms. The van der Waals surface area contributed by atoms with Crippen molar-refractivity contribution in [2.75, 3.05) is 36.6 Å². The molecule has 0 radical (unpaired) electrons. The number of benzene rings is 2. The van der Waals surface area contributed by atoms with Gasteiger partial charge < -0.3 is 15.0 Å². The lowest BCUT2D eigenvalue weighted by atomic mass is 10.1. The number of rotatable bonds is 7. The van der Waals surface area contributed by atoms with Crippen molar-refractivity contribution >= 4 is 33.4 Å². The number of carbonyl (C=O) groups is 1. The standard InChI is InChI=1S/C23H31N3O4S2/c1-23(2,3)25-32(28,29)21-15-18(7-10-20(21)30-4)22(27)24-16-17-5-8-19(9-6-17)26-11-13-31-14-12-26/h5-10,15,25H,11-14,16H2,1-4H3,(H,24,27). The molecular weight excluding hydrogens is 446 g/mol. The van der Waals surface area contributed by atoms with Gasteiger partial charge in [0, 0.05) is 47.9 Å². The molecule has 1 heterocycles. The number of hydrogen-bond acceptors (Lipinski definition) is 6. The molecule has 0 aliphatic carbocycles. The number of amides is 1. The number of thioether (sulfide) groups is 1. The fourth-order valence-electron chi connectivity index (χ4n) is 3.42. The molecule has 7 nitrogen and oxygen atoms in total. The molecule has 2 aromatic rings. The van der Waals surface area contributed by atoms with E-state index in [1.807, 2.05) is 23.9 Å². The van der Waals surface area contributed by atoms with Crippen molar-refractivity contribution in [1.29, 1.82) is 0 Å². The molecule has 0 unspecified atom stereocenters. The summed E-state index contributed by atoms with van der Waals surface area (Å²) in [6.07, 6.45) is 0. The Morgan fingerprint density at radius 1 is 1.09 bits per heavy atom. The second-order valence-electron chi connectivity index (χ2n) is 8.67. The van der Waals surface area contributed by atoms with E-state index in [-0.39, 0.29) is 22.1 Å². The molecule has 174 valence electrons. The van der Waals surface area contributed by atoms with Crippen LogP contribution in [0.1, 0.15) is 36.7 Å². The monoisotopic (exact) mass is 477 g/mol. The Balaban J connectivity index is 1.70. The van der Waals surface area contributed by atoms with Gasteiger partial charge in [-0.2, -0.15) is 11.8 Å². The van der Waals surface area contributed by atoms with Gasteiger partial charge in [-0.3, -0.25) is 4.79 Å². The Morgan fingerprint density at radius 3 is 2.34 bits per heavy atom. The zero-order chi connectivity index (χ0) is 23.4. The van der Waals surface area contributed by atoms with Crippen LogP contribution in [0.25, 0.3) is 0 Å². The van der Waals surface area contributed by atoms with Crippen LogP contribution in [0, 0.1) is 0 Å². The van der Waals surface area contributed by atoms with Gasteiger partial charge in [0.1, 0.15) is 10.6 Å². The van der Waals surface area contributed by atoms with Crippen LogP contribution in [0.2, 0.25) is 0 Å². The lowest BCUT2D eigenvalue weighted by molar-refractivity contribution is 0.0950. The van der Waals surface area contributed by atoms with Gasteiger partial charge in [-0.15, -0.1) is 0 Å². The van der Waals surface area contributed by atoms with Crippen molar-refractivity contribution in [3.05, 3.63) is 53.6 Å². The van der Waals surface area contributed by atoms with Crippen LogP contribution in [0.5, 0.6) is 5.75 Å². The van der Waals surface area contributed by atoms with Crippen molar-refractivity contribution in [2.24, 2.45) is 0 Å². The molecule has 3 rings (SSSR count). The Labute approximate surface area is 195 Å². The molecule has 1 aliphatic rings. The average Bonchev–Trinajstić information content (AvgIpc) is 2.76. The maximum atomic E-state index is 12.8. The first kappa shape index (κ1) is 24.4. The lowest BCUT2D eigenvalue weighted by Gasteiger charge is -2.28. The number of nitrogens with one attached hydrogen (secondary N) is 2. The van der Waals surface area contributed by atoms with E-state index in [4.69, 9.17) is 4.74 Å². The lowest BCUT2D eigenvalue weighted by Crippen LogP contribution is -2.40. The van der Waals surface area contributed by atoms with Gasteiger partial charge in [0.05, 0.1) is 7.11 Å². The van der Waals surface area contributed by atoms with Crippen molar-refractivity contribution in [2.45, 2.75) is 37.8 Å². The molecule has 0 bridgehead atoms. The quantitative estimate of drug-likeness (QED) is 0.637. The highest BCUT2D eigenvalue weighted by Gasteiger charge is 2.26. The first-order valence-electron chi connectivity index (χ1n) is 10.5. The summed E-state index contributed by atoms with van der Waals surface area (Å²) in [4.78, 5) is 15.0. The number of anilines is 1. The molecule has 0 aromatic heterocycles. The number of hydrogen-bond donors (Lipinski definition) is 2. The van der Waals surface area contributed by atoms with E-state index in [1.54, 1.807) is 26.8 Å².